The summed E-state index contributed by atoms with van der Waals surface area (Å²) in [5.74, 6) is -3.69. The molecule has 5 unspecified atom stereocenters. The Morgan fingerprint density at radius 2 is 1.85 bits per heavy atom. The average molecular weight is 559 g/mol. The zero-order valence-corrected chi connectivity index (χ0v) is 20.9. The third-order valence-electron chi connectivity index (χ3n) is 4.64. The van der Waals surface area contributed by atoms with Crippen molar-refractivity contribution in [2.75, 3.05) is 6.61 Å². The Balaban J connectivity index is 0.000000340. The molecule has 188 valence electrons. The number of thioether (sulfide) groups is 1. The van der Waals surface area contributed by atoms with E-state index < -0.39 is 47.2 Å². The van der Waals surface area contributed by atoms with Crippen LogP contribution in [0.5, 0.6) is 0 Å². The molecule has 0 aliphatic carbocycles. The molecule has 34 heavy (non-hydrogen) atoms. The summed E-state index contributed by atoms with van der Waals surface area (Å²) in [6, 6.07) is 6.48. The van der Waals surface area contributed by atoms with Crippen molar-refractivity contribution in [1.82, 2.24) is 5.32 Å². The van der Waals surface area contributed by atoms with E-state index in [9.17, 15) is 23.4 Å². The first-order valence-electron chi connectivity index (χ1n) is 9.73. The monoisotopic (exact) mass is 558 g/mol. The van der Waals surface area contributed by atoms with E-state index in [2.05, 4.69) is 18.2 Å². The van der Waals surface area contributed by atoms with Gasteiger partial charge in [0, 0.05) is 17.3 Å². The Hall–Kier alpha value is -1.31. The summed E-state index contributed by atoms with van der Waals surface area (Å²) in [5, 5.41) is 23.6. The van der Waals surface area contributed by atoms with Gasteiger partial charge in [0.2, 0.25) is 0 Å². The fourth-order valence-corrected chi connectivity index (χ4v) is 4.86. The number of nitrogens with two attached hydrogens (primary N) is 1. The molecular weight excluding hydrogens is 536 g/mol. The van der Waals surface area contributed by atoms with Gasteiger partial charge in [-0.05, 0) is 55.7 Å². The van der Waals surface area contributed by atoms with Crippen molar-refractivity contribution in [1.29, 1.82) is 0 Å². The smallest absolute Gasteiger partial charge is 0.194 e. The molecular formula is C21H23Cl2F3N2O4S2. The Morgan fingerprint density at radius 3 is 2.38 bits per heavy atom. The van der Waals surface area contributed by atoms with Crippen molar-refractivity contribution < 1.29 is 32.3 Å². The van der Waals surface area contributed by atoms with Gasteiger partial charge in [-0.25, -0.2) is 13.2 Å². The summed E-state index contributed by atoms with van der Waals surface area (Å²) in [6.07, 6.45) is 0.366. The normalized spacial score (nSPS) is 24.6. The Kier molecular flexibility index (Phi) is 11.6. The number of hydrogen-bond donors (Lipinski definition) is 5. The zero-order valence-electron chi connectivity index (χ0n) is 17.7. The standard InChI is InChI=1S/C14H18Cl2N2O4S2.C7H5F3/c15-8-2-1-7(5-9(8)16)24-14-13(22-23)11(18-4-3-17)12(20)10(6-19)21-14;1-4-2-5(8)7(10)6(9)3-4/h1-5,10-14,18-20,23H,6,17H2;2-3H,1H3/b4-3-;. The maximum absolute atomic E-state index is 12.2. The van der Waals surface area contributed by atoms with Gasteiger partial charge >= 0.3 is 0 Å². The first-order chi connectivity index (χ1) is 16.1. The number of aliphatic hydroxyl groups is 2. The van der Waals surface area contributed by atoms with Gasteiger partial charge in [-0.1, -0.05) is 35.0 Å². The quantitative estimate of drug-likeness (QED) is 0.206. The molecule has 0 spiro atoms. The molecule has 0 radical (unpaired) electrons. The van der Waals surface area contributed by atoms with Crippen molar-refractivity contribution in [2.24, 2.45) is 5.73 Å². The highest BCUT2D eigenvalue weighted by Crippen LogP contribution is 2.37. The number of rotatable bonds is 6. The van der Waals surface area contributed by atoms with Gasteiger partial charge in [0.05, 0.1) is 22.7 Å². The number of nitrogens with one attached hydrogen (secondary N) is 1. The minimum Gasteiger partial charge on any atom is -0.403 e. The van der Waals surface area contributed by atoms with Crippen LogP contribution in [0.15, 0.2) is 47.6 Å². The van der Waals surface area contributed by atoms with E-state index in [1.165, 1.54) is 31.1 Å². The molecule has 5 atom stereocenters. The van der Waals surface area contributed by atoms with Gasteiger partial charge in [-0.15, -0.1) is 0 Å². The van der Waals surface area contributed by atoms with E-state index >= 15 is 0 Å². The molecule has 5 N–H and O–H groups in total. The lowest BCUT2D eigenvalue weighted by atomic mass is 9.97. The van der Waals surface area contributed by atoms with Crippen LogP contribution in [-0.2, 0) is 8.92 Å². The van der Waals surface area contributed by atoms with Gasteiger partial charge < -0.3 is 30.2 Å². The second-order valence-electron chi connectivity index (χ2n) is 7.07. The van der Waals surface area contributed by atoms with Crippen LogP contribution < -0.4 is 11.1 Å². The molecule has 1 aliphatic heterocycles. The van der Waals surface area contributed by atoms with Crippen LogP contribution in [0.1, 0.15) is 5.56 Å². The molecule has 1 saturated heterocycles. The number of halogens is 5. The predicted molar refractivity (Wildman–Crippen MR) is 129 cm³/mol. The Morgan fingerprint density at radius 1 is 1.21 bits per heavy atom. The van der Waals surface area contributed by atoms with Gasteiger partial charge in [-0.3, -0.25) is 0 Å². The second kappa shape index (κ2) is 13.7. The van der Waals surface area contributed by atoms with Crippen LogP contribution in [0.2, 0.25) is 10.0 Å². The maximum atomic E-state index is 12.2. The molecule has 3 rings (SSSR count). The summed E-state index contributed by atoms with van der Waals surface area (Å²) >= 11 is 17.2. The second-order valence-corrected chi connectivity index (χ2v) is 9.27. The first kappa shape index (κ1) is 28.9. The van der Waals surface area contributed by atoms with Crippen molar-refractivity contribution in [2.45, 2.75) is 41.6 Å². The first-order valence-corrected chi connectivity index (χ1v) is 11.7. The van der Waals surface area contributed by atoms with Crippen LogP contribution in [0.25, 0.3) is 0 Å². The summed E-state index contributed by atoms with van der Waals surface area (Å²) in [5.41, 5.74) is 5.16. The SMILES string of the molecule is Cc1cc(F)c(F)c(F)c1.N/C=C\NC1C(O)C(CO)OC(Sc2ccc(Cl)c(Cl)c2)C1OS. The molecule has 0 aromatic heterocycles. The van der Waals surface area contributed by atoms with Crippen molar-refractivity contribution in [3.05, 3.63) is 75.8 Å². The fraction of sp³-hybridized carbons (Fsp3) is 0.333. The molecule has 2 aromatic rings. The summed E-state index contributed by atoms with van der Waals surface area (Å²) in [7, 11) is 0. The average Bonchev–Trinajstić information content (AvgIpc) is 2.80. The van der Waals surface area contributed by atoms with Crippen LogP contribution in [-0.4, -0.2) is 46.6 Å². The molecule has 1 aliphatic rings. The molecule has 0 bridgehead atoms. The van der Waals surface area contributed by atoms with E-state index in [0.717, 1.165) is 17.0 Å². The number of aliphatic hydroxyl groups excluding tert-OH is 2. The maximum Gasteiger partial charge on any atom is 0.194 e. The summed E-state index contributed by atoms with van der Waals surface area (Å²) in [6.45, 7) is 1.15. The van der Waals surface area contributed by atoms with Crippen LogP contribution in [0.4, 0.5) is 13.2 Å². The van der Waals surface area contributed by atoms with E-state index in [0.29, 0.717) is 15.6 Å². The van der Waals surface area contributed by atoms with Gasteiger partial charge in [0.15, 0.2) is 17.5 Å². The minimum absolute atomic E-state index is 0.344. The molecule has 2 aromatic carbocycles. The van der Waals surface area contributed by atoms with Crippen LogP contribution in [0.3, 0.4) is 0 Å². The number of benzene rings is 2. The van der Waals surface area contributed by atoms with E-state index in [1.807, 2.05) is 0 Å². The van der Waals surface area contributed by atoms with E-state index in [4.69, 9.17) is 37.9 Å². The van der Waals surface area contributed by atoms with E-state index in [-0.39, 0.29) is 6.61 Å². The van der Waals surface area contributed by atoms with Gasteiger partial charge in [0.1, 0.15) is 23.7 Å². The lowest BCUT2D eigenvalue weighted by Gasteiger charge is -2.43. The molecule has 1 heterocycles. The molecule has 0 amide bonds. The van der Waals surface area contributed by atoms with Gasteiger partial charge in [0.25, 0.3) is 0 Å². The molecule has 13 heteroatoms. The van der Waals surface area contributed by atoms with Gasteiger partial charge in [-0.2, -0.15) is 0 Å². The Labute approximate surface area is 214 Å². The third-order valence-corrected chi connectivity index (χ3v) is 6.76. The third kappa shape index (κ3) is 7.59. The minimum atomic E-state index is -1.41. The highest BCUT2D eigenvalue weighted by molar-refractivity contribution is 7.99. The zero-order chi connectivity index (χ0) is 25.4. The number of hydrogen-bond acceptors (Lipinski definition) is 8. The highest BCUT2D eigenvalue weighted by Gasteiger charge is 2.45. The van der Waals surface area contributed by atoms with Crippen molar-refractivity contribution in [3.8, 4) is 0 Å². The predicted octanol–water partition coefficient (Wildman–Crippen LogP) is 4.19. The topological polar surface area (TPSA) is 97.0 Å². The molecule has 6 nitrogen and oxygen atoms in total. The lowest BCUT2D eigenvalue weighted by molar-refractivity contribution is -0.155. The number of thiol groups is 1. The van der Waals surface area contributed by atoms with Crippen LogP contribution in [0, 0.1) is 24.4 Å². The molecule has 0 saturated carbocycles. The lowest BCUT2D eigenvalue weighted by Crippen LogP contribution is -2.62. The number of aryl methyl sites for hydroxylation is 1. The summed E-state index contributed by atoms with van der Waals surface area (Å²) < 4.78 is 47.6. The fourth-order valence-electron chi connectivity index (χ4n) is 3.01. The van der Waals surface area contributed by atoms with Crippen molar-refractivity contribution in [3.63, 3.8) is 0 Å². The van der Waals surface area contributed by atoms with Crippen molar-refractivity contribution >= 4 is 47.9 Å². The van der Waals surface area contributed by atoms with E-state index in [1.54, 1.807) is 18.2 Å². The highest BCUT2D eigenvalue weighted by atomic mass is 35.5. The summed E-state index contributed by atoms with van der Waals surface area (Å²) in [4.78, 5) is 0.797. The van der Waals surface area contributed by atoms with Crippen LogP contribution >= 0.6 is 47.9 Å². The molecule has 1 fully saturated rings. The Bertz CT molecular complexity index is 970. The largest absolute Gasteiger partial charge is 0.403 e. The number of ether oxygens (including phenoxy) is 1.